The zero-order chi connectivity index (χ0) is 15.6. The fourth-order valence-electron chi connectivity index (χ4n) is 2.19. The van der Waals surface area contributed by atoms with Gasteiger partial charge in [0.15, 0.2) is 0 Å². The van der Waals surface area contributed by atoms with Gasteiger partial charge in [0.1, 0.15) is 0 Å². The minimum Gasteiger partial charge on any atom is -0.280 e. The smallest absolute Gasteiger partial charge is 0.262 e. The average molecular weight is 309 g/mol. The van der Waals surface area contributed by atoms with Gasteiger partial charge in [-0.05, 0) is 30.3 Å². The van der Waals surface area contributed by atoms with Gasteiger partial charge in [-0.15, -0.1) is 0 Å². The van der Waals surface area contributed by atoms with E-state index in [0.717, 1.165) is 5.39 Å². The molecule has 1 aromatic heterocycles. The molecule has 0 saturated carbocycles. The highest BCUT2D eigenvalue weighted by molar-refractivity contribution is 7.93. The van der Waals surface area contributed by atoms with Gasteiger partial charge in [-0.25, -0.2) is 8.42 Å². The quantitative estimate of drug-likeness (QED) is 0.806. The molecule has 3 aromatic rings. The average Bonchev–Trinajstić information content (AvgIpc) is 2.54. The Balaban J connectivity index is 2.07. The Labute approximate surface area is 127 Å². The molecular weight excluding hydrogens is 298 g/mol. The molecule has 1 heterocycles. The number of anilines is 1. The summed E-state index contributed by atoms with van der Waals surface area (Å²) in [4.78, 5) is 4.17. The summed E-state index contributed by atoms with van der Waals surface area (Å²) in [5.74, 6) is 0. The molecule has 0 fully saturated rings. The first-order valence-electron chi connectivity index (χ1n) is 6.46. The lowest BCUT2D eigenvalue weighted by Gasteiger charge is -2.10. The van der Waals surface area contributed by atoms with Crippen LogP contribution in [0.2, 0.25) is 0 Å². The molecule has 0 atom stereocenters. The maximum absolute atomic E-state index is 12.6. The molecule has 0 aliphatic carbocycles. The maximum atomic E-state index is 12.6. The highest BCUT2D eigenvalue weighted by atomic mass is 32.2. The third-order valence-corrected chi connectivity index (χ3v) is 4.61. The standard InChI is InChI=1S/C16H11N3O2S/c17-10-12-3-1-5-14(9-12)19-22(20,21)16-6-2-4-13-11-18-8-7-15(13)16/h1-9,11,19H. The van der Waals surface area contributed by atoms with Crippen molar-refractivity contribution in [1.82, 2.24) is 4.98 Å². The highest BCUT2D eigenvalue weighted by Crippen LogP contribution is 2.24. The summed E-state index contributed by atoms with van der Waals surface area (Å²) in [6.07, 6.45) is 3.17. The first-order chi connectivity index (χ1) is 10.6. The van der Waals surface area contributed by atoms with Crippen LogP contribution in [0.5, 0.6) is 0 Å². The summed E-state index contributed by atoms with van der Waals surface area (Å²) in [6.45, 7) is 0. The number of nitriles is 1. The van der Waals surface area contributed by atoms with Crippen molar-refractivity contribution in [3.63, 3.8) is 0 Å². The van der Waals surface area contributed by atoms with E-state index < -0.39 is 10.0 Å². The summed E-state index contributed by atoms with van der Waals surface area (Å²) < 4.78 is 27.7. The molecule has 22 heavy (non-hydrogen) atoms. The van der Waals surface area contributed by atoms with Crippen LogP contribution >= 0.6 is 0 Å². The Hall–Kier alpha value is -2.91. The van der Waals surface area contributed by atoms with Gasteiger partial charge in [-0.2, -0.15) is 5.26 Å². The molecule has 0 saturated heterocycles. The molecule has 108 valence electrons. The molecule has 3 rings (SSSR count). The molecule has 0 aliphatic rings. The molecule has 0 aliphatic heterocycles. The SMILES string of the molecule is N#Cc1cccc(NS(=O)(=O)c2cccc3cnccc23)c1. The molecule has 0 unspecified atom stereocenters. The number of nitrogens with one attached hydrogen (secondary N) is 1. The van der Waals surface area contributed by atoms with E-state index in [9.17, 15) is 8.42 Å². The number of pyridine rings is 1. The van der Waals surface area contributed by atoms with E-state index in [4.69, 9.17) is 5.26 Å². The van der Waals surface area contributed by atoms with Crippen LogP contribution in [0, 0.1) is 11.3 Å². The van der Waals surface area contributed by atoms with Gasteiger partial charge in [-0.3, -0.25) is 9.71 Å². The van der Waals surface area contributed by atoms with Crippen molar-refractivity contribution in [2.75, 3.05) is 4.72 Å². The highest BCUT2D eigenvalue weighted by Gasteiger charge is 2.17. The van der Waals surface area contributed by atoms with Gasteiger partial charge < -0.3 is 0 Å². The lowest BCUT2D eigenvalue weighted by atomic mass is 10.2. The maximum Gasteiger partial charge on any atom is 0.262 e. The lowest BCUT2D eigenvalue weighted by Crippen LogP contribution is -2.13. The van der Waals surface area contributed by atoms with Crippen molar-refractivity contribution in [3.8, 4) is 6.07 Å². The van der Waals surface area contributed by atoms with Gasteiger partial charge in [0.05, 0.1) is 22.2 Å². The van der Waals surface area contributed by atoms with Crippen molar-refractivity contribution < 1.29 is 8.42 Å². The predicted octanol–water partition coefficient (Wildman–Crippen LogP) is 2.91. The molecule has 6 heteroatoms. The van der Waals surface area contributed by atoms with E-state index >= 15 is 0 Å². The largest absolute Gasteiger partial charge is 0.280 e. The second kappa shape index (κ2) is 5.47. The van der Waals surface area contributed by atoms with Crippen LogP contribution in [-0.4, -0.2) is 13.4 Å². The second-order valence-electron chi connectivity index (χ2n) is 4.65. The summed E-state index contributed by atoms with van der Waals surface area (Å²) >= 11 is 0. The Morgan fingerprint density at radius 2 is 1.91 bits per heavy atom. The van der Waals surface area contributed by atoms with Gasteiger partial charge >= 0.3 is 0 Å². The van der Waals surface area contributed by atoms with Gasteiger partial charge in [0, 0.05) is 23.2 Å². The number of sulfonamides is 1. The monoisotopic (exact) mass is 309 g/mol. The van der Waals surface area contributed by atoms with E-state index in [1.807, 2.05) is 6.07 Å². The van der Waals surface area contributed by atoms with Gasteiger partial charge in [0.2, 0.25) is 0 Å². The van der Waals surface area contributed by atoms with Crippen molar-refractivity contribution in [2.45, 2.75) is 4.90 Å². The Morgan fingerprint density at radius 1 is 1.09 bits per heavy atom. The molecule has 5 nitrogen and oxygen atoms in total. The van der Waals surface area contributed by atoms with Crippen LogP contribution in [-0.2, 0) is 10.0 Å². The second-order valence-corrected chi connectivity index (χ2v) is 6.30. The zero-order valence-corrected chi connectivity index (χ0v) is 12.2. The topological polar surface area (TPSA) is 82.9 Å². The summed E-state index contributed by atoms with van der Waals surface area (Å²) in [5.41, 5.74) is 0.743. The van der Waals surface area contributed by atoms with Gasteiger partial charge in [0.25, 0.3) is 10.0 Å². The van der Waals surface area contributed by atoms with E-state index in [-0.39, 0.29) is 4.90 Å². The normalized spacial score (nSPS) is 11.0. The Morgan fingerprint density at radius 3 is 2.73 bits per heavy atom. The van der Waals surface area contributed by atoms with Crippen molar-refractivity contribution in [1.29, 1.82) is 5.26 Å². The minimum absolute atomic E-state index is 0.176. The molecule has 1 N–H and O–H groups in total. The van der Waals surface area contributed by atoms with E-state index in [2.05, 4.69) is 9.71 Å². The molecule has 2 aromatic carbocycles. The molecule has 0 bridgehead atoms. The van der Waals surface area contributed by atoms with Crippen LogP contribution in [0.4, 0.5) is 5.69 Å². The Kier molecular flexibility index (Phi) is 3.49. The van der Waals surface area contributed by atoms with E-state index in [1.165, 1.54) is 6.07 Å². The molecule has 0 radical (unpaired) electrons. The third-order valence-electron chi connectivity index (χ3n) is 3.17. The Bertz CT molecular complexity index is 986. The molecular formula is C16H11N3O2S. The fourth-order valence-corrected chi connectivity index (χ4v) is 3.47. The van der Waals surface area contributed by atoms with Crippen LogP contribution in [0.3, 0.4) is 0 Å². The van der Waals surface area contributed by atoms with Crippen LogP contribution in [0.1, 0.15) is 5.56 Å². The lowest BCUT2D eigenvalue weighted by molar-refractivity contribution is 0.602. The number of hydrogen-bond acceptors (Lipinski definition) is 4. The van der Waals surface area contributed by atoms with E-state index in [1.54, 1.807) is 54.9 Å². The van der Waals surface area contributed by atoms with Crippen molar-refractivity contribution >= 4 is 26.5 Å². The van der Waals surface area contributed by atoms with Gasteiger partial charge in [-0.1, -0.05) is 18.2 Å². The van der Waals surface area contributed by atoms with Crippen LogP contribution in [0.25, 0.3) is 10.8 Å². The number of hydrogen-bond donors (Lipinski definition) is 1. The summed E-state index contributed by atoms with van der Waals surface area (Å²) in [7, 11) is -3.75. The van der Waals surface area contributed by atoms with Crippen LogP contribution in [0.15, 0.2) is 65.8 Å². The minimum atomic E-state index is -3.75. The van der Waals surface area contributed by atoms with Crippen molar-refractivity contribution in [2.24, 2.45) is 0 Å². The number of fused-ring (bicyclic) bond motifs is 1. The third kappa shape index (κ3) is 2.62. The molecule has 0 spiro atoms. The van der Waals surface area contributed by atoms with Crippen molar-refractivity contribution in [3.05, 3.63) is 66.5 Å². The first kappa shape index (κ1) is 14.0. The number of rotatable bonds is 3. The first-order valence-corrected chi connectivity index (χ1v) is 7.94. The predicted molar refractivity (Wildman–Crippen MR) is 83.7 cm³/mol. The zero-order valence-electron chi connectivity index (χ0n) is 11.4. The summed E-state index contributed by atoms with van der Waals surface area (Å²) in [6, 6.07) is 15.0. The summed E-state index contributed by atoms with van der Waals surface area (Å²) in [5, 5.41) is 10.2. The molecule has 0 amide bonds. The fraction of sp³-hybridized carbons (Fsp3) is 0. The number of aromatic nitrogens is 1. The van der Waals surface area contributed by atoms with Crippen LogP contribution < -0.4 is 4.72 Å². The van der Waals surface area contributed by atoms with E-state index in [0.29, 0.717) is 16.6 Å². The number of benzene rings is 2. The number of nitrogens with zero attached hydrogens (tertiary/aromatic N) is 2.